The van der Waals surface area contributed by atoms with Crippen LogP contribution in [0, 0.1) is 18.7 Å². The number of amides is 2. The quantitative estimate of drug-likeness (QED) is 0.694. The van der Waals surface area contributed by atoms with Crippen LogP contribution in [0.4, 0.5) is 10.1 Å². The van der Waals surface area contributed by atoms with Crippen LogP contribution in [0.25, 0.3) is 0 Å². The van der Waals surface area contributed by atoms with Crippen molar-refractivity contribution in [2.75, 3.05) is 5.32 Å². The Kier molecular flexibility index (Phi) is 7.13. The third-order valence-corrected chi connectivity index (χ3v) is 4.57. The second-order valence-electron chi connectivity index (χ2n) is 6.46. The molecular weight excluding hydrogens is 367 g/mol. The number of aryl methyl sites for hydroxylation is 1. The molecule has 0 spiro atoms. The molecule has 2 N–H and O–H groups in total. The number of anilines is 1. The summed E-state index contributed by atoms with van der Waals surface area (Å²) >= 11 is 6.04. The zero-order valence-electron chi connectivity index (χ0n) is 15.3. The Labute approximate surface area is 163 Å². The molecule has 0 fully saturated rings. The summed E-state index contributed by atoms with van der Waals surface area (Å²) in [5.41, 5.74) is 2.41. The SMILES string of the molecule is C=C(CC[C@@H](C)C(=O)Nc1ccc(F)cc1)NC(=O)c1ccc(C)c(Cl)c1. The summed E-state index contributed by atoms with van der Waals surface area (Å²) in [7, 11) is 0. The number of rotatable bonds is 7. The molecule has 1 atom stereocenters. The Bertz CT molecular complexity index is 850. The monoisotopic (exact) mass is 388 g/mol. The Morgan fingerprint density at radius 1 is 1.19 bits per heavy atom. The summed E-state index contributed by atoms with van der Waals surface area (Å²) in [6.45, 7) is 7.49. The fourth-order valence-corrected chi connectivity index (χ4v) is 2.53. The van der Waals surface area contributed by atoms with Crippen LogP contribution in [0.3, 0.4) is 0 Å². The lowest BCUT2D eigenvalue weighted by molar-refractivity contribution is -0.119. The summed E-state index contributed by atoms with van der Waals surface area (Å²) in [5, 5.41) is 5.99. The smallest absolute Gasteiger partial charge is 0.255 e. The van der Waals surface area contributed by atoms with Crippen molar-refractivity contribution in [3.8, 4) is 0 Å². The van der Waals surface area contributed by atoms with Crippen molar-refractivity contribution in [3.63, 3.8) is 0 Å². The number of benzene rings is 2. The van der Waals surface area contributed by atoms with Gasteiger partial charge in [-0.25, -0.2) is 4.39 Å². The van der Waals surface area contributed by atoms with Crippen molar-refractivity contribution in [1.82, 2.24) is 5.32 Å². The van der Waals surface area contributed by atoms with Gasteiger partial charge in [0.1, 0.15) is 5.82 Å². The van der Waals surface area contributed by atoms with E-state index in [1.54, 1.807) is 25.1 Å². The molecular formula is C21H22ClFN2O2. The van der Waals surface area contributed by atoms with Gasteiger partial charge in [0, 0.05) is 27.9 Å². The number of carbonyl (C=O) groups excluding carboxylic acids is 2. The molecule has 0 aliphatic rings. The molecule has 2 aromatic carbocycles. The molecule has 142 valence electrons. The van der Waals surface area contributed by atoms with Gasteiger partial charge in [-0.2, -0.15) is 0 Å². The van der Waals surface area contributed by atoms with Crippen LogP contribution in [-0.2, 0) is 4.79 Å². The van der Waals surface area contributed by atoms with Crippen molar-refractivity contribution in [2.24, 2.45) is 5.92 Å². The van der Waals surface area contributed by atoms with Crippen LogP contribution >= 0.6 is 11.6 Å². The third-order valence-electron chi connectivity index (χ3n) is 4.16. The first-order chi connectivity index (χ1) is 12.8. The predicted molar refractivity (Wildman–Crippen MR) is 106 cm³/mol. The highest BCUT2D eigenvalue weighted by atomic mass is 35.5. The lowest BCUT2D eigenvalue weighted by atomic mass is 10.0. The van der Waals surface area contributed by atoms with Gasteiger partial charge in [0.15, 0.2) is 0 Å². The summed E-state index contributed by atoms with van der Waals surface area (Å²) in [6, 6.07) is 10.7. The van der Waals surface area contributed by atoms with E-state index in [-0.39, 0.29) is 23.5 Å². The molecule has 0 radical (unpaired) electrons. The Balaban J connectivity index is 1.81. The van der Waals surface area contributed by atoms with Crippen LogP contribution in [0.1, 0.15) is 35.7 Å². The first-order valence-corrected chi connectivity index (χ1v) is 8.95. The molecule has 0 heterocycles. The van der Waals surface area contributed by atoms with Crippen molar-refractivity contribution in [2.45, 2.75) is 26.7 Å². The maximum Gasteiger partial charge on any atom is 0.255 e. The van der Waals surface area contributed by atoms with E-state index in [4.69, 9.17) is 11.6 Å². The summed E-state index contributed by atoms with van der Waals surface area (Å²) < 4.78 is 12.9. The molecule has 0 bridgehead atoms. The Morgan fingerprint density at radius 3 is 2.48 bits per heavy atom. The predicted octanol–water partition coefficient (Wildman–Crippen LogP) is 5.09. The van der Waals surface area contributed by atoms with Crippen molar-refractivity contribution < 1.29 is 14.0 Å². The molecule has 27 heavy (non-hydrogen) atoms. The Hall–Kier alpha value is -2.66. The van der Waals surface area contributed by atoms with Gasteiger partial charge in [0.05, 0.1) is 0 Å². The molecule has 0 saturated heterocycles. The van der Waals surface area contributed by atoms with Crippen molar-refractivity contribution in [3.05, 3.63) is 76.7 Å². The lowest BCUT2D eigenvalue weighted by Gasteiger charge is -2.14. The van der Waals surface area contributed by atoms with E-state index in [0.29, 0.717) is 34.8 Å². The highest BCUT2D eigenvalue weighted by molar-refractivity contribution is 6.31. The fraction of sp³-hybridized carbons (Fsp3) is 0.238. The molecule has 0 aliphatic heterocycles. The molecule has 0 saturated carbocycles. The largest absolute Gasteiger partial charge is 0.326 e. The number of allylic oxidation sites excluding steroid dienone is 1. The zero-order chi connectivity index (χ0) is 20.0. The molecule has 2 rings (SSSR count). The zero-order valence-corrected chi connectivity index (χ0v) is 16.1. The fourth-order valence-electron chi connectivity index (χ4n) is 2.35. The average Bonchev–Trinajstić information content (AvgIpc) is 2.63. The maximum absolute atomic E-state index is 12.9. The van der Waals surface area contributed by atoms with E-state index in [1.807, 2.05) is 6.92 Å². The molecule has 4 nitrogen and oxygen atoms in total. The van der Waals surface area contributed by atoms with Crippen molar-refractivity contribution in [1.29, 1.82) is 0 Å². The molecule has 6 heteroatoms. The highest BCUT2D eigenvalue weighted by Crippen LogP contribution is 2.18. The first-order valence-electron chi connectivity index (χ1n) is 8.58. The van der Waals surface area contributed by atoms with Gasteiger partial charge in [-0.1, -0.05) is 31.2 Å². The average molecular weight is 389 g/mol. The van der Waals surface area contributed by atoms with Gasteiger partial charge < -0.3 is 10.6 Å². The molecule has 2 aromatic rings. The second kappa shape index (κ2) is 9.33. The standard InChI is InChI=1S/C21H22ClFN2O2/c1-13-5-7-16(12-19(13)22)21(27)24-15(3)6-4-14(2)20(26)25-18-10-8-17(23)9-11-18/h5,7-12,14H,3-4,6H2,1-2H3,(H,24,27)(H,25,26)/t14-/m1/s1. The highest BCUT2D eigenvalue weighted by Gasteiger charge is 2.15. The molecule has 2 amide bonds. The van der Waals surface area contributed by atoms with Crippen LogP contribution in [-0.4, -0.2) is 11.8 Å². The van der Waals surface area contributed by atoms with Gasteiger partial charge in [0.2, 0.25) is 5.91 Å². The van der Waals surface area contributed by atoms with E-state index in [0.717, 1.165) is 5.56 Å². The maximum atomic E-state index is 12.9. The summed E-state index contributed by atoms with van der Waals surface area (Å²) in [4.78, 5) is 24.4. The minimum Gasteiger partial charge on any atom is -0.326 e. The molecule has 0 aromatic heterocycles. The normalized spacial score (nSPS) is 11.6. The minimum atomic E-state index is -0.358. The summed E-state index contributed by atoms with van der Waals surface area (Å²) in [5.74, 6) is -1.11. The number of hydrogen-bond acceptors (Lipinski definition) is 2. The van der Waals surface area contributed by atoms with Crippen LogP contribution in [0.5, 0.6) is 0 Å². The van der Waals surface area contributed by atoms with E-state index >= 15 is 0 Å². The van der Waals surface area contributed by atoms with E-state index in [9.17, 15) is 14.0 Å². The minimum absolute atomic E-state index is 0.175. The van der Waals surface area contributed by atoms with Crippen molar-refractivity contribution >= 4 is 29.1 Å². The van der Waals surface area contributed by atoms with Gasteiger partial charge in [-0.3, -0.25) is 9.59 Å². The first kappa shape index (κ1) is 20.6. The number of hydrogen-bond donors (Lipinski definition) is 2. The van der Waals surface area contributed by atoms with E-state index in [1.165, 1.54) is 24.3 Å². The second-order valence-corrected chi connectivity index (χ2v) is 6.86. The number of halogens is 2. The van der Waals surface area contributed by atoms with Gasteiger partial charge in [-0.15, -0.1) is 0 Å². The van der Waals surface area contributed by atoms with E-state index in [2.05, 4.69) is 17.2 Å². The lowest BCUT2D eigenvalue weighted by Crippen LogP contribution is -2.24. The topological polar surface area (TPSA) is 58.2 Å². The van der Waals surface area contributed by atoms with Crippen LogP contribution in [0.15, 0.2) is 54.7 Å². The van der Waals surface area contributed by atoms with Crippen LogP contribution < -0.4 is 10.6 Å². The van der Waals surface area contributed by atoms with Crippen LogP contribution in [0.2, 0.25) is 5.02 Å². The van der Waals surface area contributed by atoms with Gasteiger partial charge >= 0.3 is 0 Å². The third kappa shape index (κ3) is 6.22. The van der Waals surface area contributed by atoms with Gasteiger partial charge in [-0.05, 0) is 61.7 Å². The number of nitrogens with one attached hydrogen (secondary N) is 2. The van der Waals surface area contributed by atoms with E-state index < -0.39 is 0 Å². The number of carbonyl (C=O) groups is 2. The summed E-state index contributed by atoms with van der Waals surface area (Å²) in [6.07, 6.45) is 0.976. The molecule has 0 unspecified atom stereocenters. The Morgan fingerprint density at radius 2 is 1.85 bits per heavy atom. The van der Waals surface area contributed by atoms with Gasteiger partial charge in [0.25, 0.3) is 5.91 Å². The molecule has 0 aliphatic carbocycles.